The standard InChI is InChI=1S/C17H17F2N3O3/c18-17(19)25-14-8-11(3-6-21-14)9-22-16(23)13-4-7-24-15(13)12-2-1-5-20-10-12/h1-3,5-6,8,10,13,15,17H,4,7,9H2,(H,22,23)/t13-,15+/m0/s1. The second-order valence-electron chi connectivity index (χ2n) is 5.57. The van der Waals surface area contributed by atoms with Gasteiger partial charge in [0.15, 0.2) is 0 Å². The molecule has 1 saturated heterocycles. The average molecular weight is 349 g/mol. The predicted molar refractivity (Wildman–Crippen MR) is 83.8 cm³/mol. The molecule has 1 fully saturated rings. The third-order valence-corrected chi connectivity index (χ3v) is 3.92. The highest BCUT2D eigenvalue weighted by atomic mass is 19.3. The van der Waals surface area contributed by atoms with Crippen LogP contribution in [0.25, 0.3) is 0 Å². The van der Waals surface area contributed by atoms with Gasteiger partial charge in [-0.3, -0.25) is 9.78 Å². The Balaban J connectivity index is 1.60. The van der Waals surface area contributed by atoms with E-state index in [1.54, 1.807) is 24.5 Å². The van der Waals surface area contributed by atoms with Gasteiger partial charge < -0.3 is 14.8 Å². The second-order valence-corrected chi connectivity index (χ2v) is 5.57. The Morgan fingerprint density at radius 3 is 3.04 bits per heavy atom. The fraction of sp³-hybridized carbons (Fsp3) is 0.353. The van der Waals surface area contributed by atoms with Crippen molar-refractivity contribution in [1.82, 2.24) is 15.3 Å². The number of amides is 1. The number of ether oxygens (including phenoxy) is 2. The highest BCUT2D eigenvalue weighted by molar-refractivity contribution is 5.79. The average Bonchev–Trinajstić information content (AvgIpc) is 3.10. The summed E-state index contributed by atoms with van der Waals surface area (Å²) in [6.45, 7) is -2.25. The molecule has 25 heavy (non-hydrogen) atoms. The number of nitrogens with one attached hydrogen (secondary N) is 1. The molecule has 0 spiro atoms. The number of aromatic nitrogens is 2. The SMILES string of the molecule is O=C(NCc1ccnc(OC(F)F)c1)[C@H]1CCO[C@@H]1c1cccnc1. The summed E-state index contributed by atoms with van der Waals surface area (Å²) >= 11 is 0. The molecule has 3 rings (SSSR count). The van der Waals surface area contributed by atoms with E-state index in [2.05, 4.69) is 20.0 Å². The highest BCUT2D eigenvalue weighted by Crippen LogP contribution is 2.34. The van der Waals surface area contributed by atoms with E-state index in [1.807, 2.05) is 6.07 Å². The minimum Gasteiger partial charge on any atom is -0.417 e. The number of hydrogen-bond donors (Lipinski definition) is 1. The fourth-order valence-electron chi connectivity index (χ4n) is 2.77. The molecule has 132 valence electrons. The number of pyridine rings is 2. The molecular weight excluding hydrogens is 332 g/mol. The summed E-state index contributed by atoms with van der Waals surface area (Å²) in [7, 11) is 0. The van der Waals surface area contributed by atoms with Crippen molar-refractivity contribution in [3.8, 4) is 5.88 Å². The van der Waals surface area contributed by atoms with Gasteiger partial charge in [-0.2, -0.15) is 8.78 Å². The van der Waals surface area contributed by atoms with Crippen LogP contribution in [0.3, 0.4) is 0 Å². The van der Waals surface area contributed by atoms with Crippen LogP contribution in [-0.4, -0.2) is 29.1 Å². The summed E-state index contributed by atoms with van der Waals surface area (Å²) in [5.74, 6) is -0.651. The van der Waals surface area contributed by atoms with Crippen molar-refractivity contribution < 1.29 is 23.0 Å². The van der Waals surface area contributed by atoms with E-state index in [0.717, 1.165) is 5.56 Å². The lowest BCUT2D eigenvalue weighted by molar-refractivity contribution is -0.127. The van der Waals surface area contributed by atoms with Gasteiger partial charge in [0.25, 0.3) is 0 Å². The minimum absolute atomic E-state index is 0.153. The third-order valence-electron chi connectivity index (χ3n) is 3.92. The summed E-state index contributed by atoms with van der Waals surface area (Å²) in [6.07, 6.45) is 4.99. The Kier molecular flexibility index (Phi) is 5.49. The van der Waals surface area contributed by atoms with Crippen LogP contribution in [0.2, 0.25) is 0 Å². The molecule has 1 N–H and O–H groups in total. The highest BCUT2D eigenvalue weighted by Gasteiger charge is 2.35. The van der Waals surface area contributed by atoms with Crippen molar-refractivity contribution in [3.63, 3.8) is 0 Å². The first-order valence-corrected chi connectivity index (χ1v) is 7.82. The van der Waals surface area contributed by atoms with Gasteiger partial charge in [0.05, 0.1) is 12.0 Å². The number of rotatable bonds is 6. The van der Waals surface area contributed by atoms with Crippen molar-refractivity contribution in [1.29, 1.82) is 0 Å². The van der Waals surface area contributed by atoms with Gasteiger partial charge >= 0.3 is 6.61 Å². The van der Waals surface area contributed by atoms with E-state index in [4.69, 9.17) is 4.74 Å². The lowest BCUT2D eigenvalue weighted by Crippen LogP contribution is -2.32. The molecule has 8 heteroatoms. The molecule has 2 atom stereocenters. The first kappa shape index (κ1) is 17.2. The van der Waals surface area contributed by atoms with Gasteiger partial charge in [-0.05, 0) is 29.7 Å². The third kappa shape index (κ3) is 4.48. The quantitative estimate of drug-likeness (QED) is 0.867. The molecule has 6 nitrogen and oxygen atoms in total. The molecule has 2 aromatic heterocycles. The molecule has 0 unspecified atom stereocenters. The second kappa shape index (κ2) is 7.98. The van der Waals surface area contributed by atoms with E-state index in [0.29, 0.717) is 18.6 Å². The summed E-state index contributed by atoms with van der Waals surface area (Å²) in [5.41, 5.74) is 1.48. The maximum Gasteiger partial charge on any atom is 0.388 e. The number of carbonyl (C=O) groups excluding carboxylic acids is 1. The number of nitrogens with zero attached hydrogens (tertiary/aromatic N) is 2. The van der Waals surface area contributed by atoms with Gasteiger partial charge in [0, 0.05) is 37.8 Å². The monoisotopic (exact) mass is 349 g/mol. The van der Waals surface area contributed by atoms with E-state index in [1.165, 1.54) is 12.3 Å². The maximum atomic E-state index is 12.5. The molecule has 1 amide bonds. The minimum atomic E-state index is -2.94. The van der Waals surface area contributed by atoms with Crippen LogP contribution in [0.1, 0.15) is 23.7 Å². The van der Waals surface area contributed by atoms with Crippen molar-refractivity contribution in [2.24, 2.45) is 5.92 Å². The van der Waals surface area contributed by atoms with Gasteiger partial charge in [0.2, 0.25) is 11.8 Å². The molecule has 0 aliphatic carbocycles. The Bertz CT molecular complexity index is 715. The Morgan fingerprint density at radius 1 is 1.40 bits per heavy atom. The van der Waals surface area contributed by atoms with E-state index < -0.39 is 6.61 Å². The molecule has 0 bridgehead atoms. The Morgan fingerprint density at radius 2 is 2.28 bits per heavy atom. The largest absolute Gasteiger partial charge is 0.417 e. The van der Waals surface area contributed by atoms with Gasteiger partial charge in [0.1, 0.15) is 0 Å². The maximum absolute atomic E-state index is 12.5. The van der Waals surface area contributed by atoms with Gasteiger partial charge in [-0.15, -0.1) is 0 Å². The van der Waals surface area contributed by atoms with Crippen LogP contribution in [0, 0.1) is 5.92 Å². The molecule has 1 aliphatic rings. The molecule has 0 saturated carbocycles. The smallest absolute Gasteiger partial charge is 0.388 e. The first-order chi connectivity index (χ1) is 12.1. The molecule has 3 heterocycles. The summed E-state index contributed by atoms with van der Waals surface area (Å²) in [4.78, 5) is 20.2. The molecule has 2 aromatic rings. The first-order valence-electron chi connectivity index (χ1n) is 7.82. The fourth-order valence-corrected chi connectivity index (χ4v) is 2.77. The van der Waals surface area contributed by atoms with Crippen LogP contribution in [-0.2, 0) is 16.1 Å². The van der Waals surface area contributed by atoms with Crippen LogP contribution < -0.4 is 10.1 Å². The van der Waals surface area contributed by atoms with E-state index >= 15 is 0 Å². The summed E-state index contributed by atoms with van der Waals surface area (Å²) in [6, 6.07) is 6.67. The van der Waals surface area contributed by atoms with E-state index in [-0.39, 0.29) is 30.4 Å². The van der Waals surface area contributed by atoms with Gasteiger partial charge in [-0.25, -0.2) is 4.98 Å². The van der Waals surface area contributed by atoms with Crippen molar-refractivity contribution in [2.45, 2.75) is 25.7 Å². The molecular formula is C17H17F2N3O3. The summed E-state index contributed by atoms with van der Waals surface area (Å²) < 4.78 is 34.4. The van der Waals surface area contributed by atoms with Crippen LogP contribution >= 0.6 is 0 Å². The predicted octanol–water partition coefficient (Wildman–Crippen LogP) is 2.47. The van der Waals surface area contributed by atoms with Crippen LogP contribution in [0.15, 0.2) is 42.9 Å². The van der Waals surface area contributed by atoms with Crippen LogP contribution in [0.4, 0.5) is 8.78 Å². The van der Waals surface area contributed by atoms with Crippen molar-refractivity contribution >= 4 is 5.91 Å². The zero-order valence-corrected chi connectivity index (χ0v) is 13.3. The number of hydrogen-bond acceptors (Lipinski definition) is 5. The topological polar surface area (TPSA) is 73.3 Å². The molecule has 0 aromatic carbocycles. The van der Waals surface area contributed by atoms with Gasteiger partial charge in [-0.1, -0.05) is 6.07 Å². The van der Waals surface area contributed by atoms with E-state index in [9.17, 15) is 13.6 Å². The Hall–Kier alpha value is -2.61. The Labute approximate surface area is 143 Å². The lowest BCUT2D eigenvalue weighted by atomic mass is 9.95. The zero-order chi connectivity index (χ0) is 17.6. The lowest BCUT2D eigenvalue weighted by Gasteiger charge is -2.18. The number of alkyl halides is 2. The summed E-state index contributed by atoms with van der Waals surface area (Å²) in [5, 5.41) is 2.81. The number of carbonyl (C=O) groups is 1. The van der Waals surface area contributed by atoms with Crippen LogP contribution in [0.5, 0.6) is 5.88 Å². The van der Waals surface area contributed by atoms with Crippen molar-refractivity contribution in [2.75, 3.05) is 6.61 Å². The number of halogens is 2. The molecule has 1 aliphatic heterocycles. The normalized spacial score (nSPS) is 19.8. The van der Waals surface area contributed by atoms with Crippen molar-refractivity contribution in [3.05, 3.63) is 54.0 Å². The zero-order valence-electron chi connectivity index (χ0n) is 13.3. The molecule has 0 radical (unpaired) electrons.